The van der Waals surface area contributed by atoms with E-state index in [2.05, 4.69) is 15.0 Å². The average molecular weight is 266 g/mol. The zero-order valence-electron chi connectivity index (χ0n) is 10.2. The number of hydrogen-bond donors (Lipinski definition) is 1. The zero-order chi connectivity index (χ0) is 13.4. The number of methoxy groups -OCH3 is 1. The highest BCUT2D eigenvalue weighted by Crippen LogP contribution is 2.15. The quantitative estimate of drug-likeness (QED) is 0.502. The summed E-state index contributed by atoms with van der Waals surface area (Å²) in [4.78, 5) is 26.5. The molecule has 0 fully saturated rings. The zero-order valence-corrected chi connectivity index (χ0v) is 11.0. The summed E-state index contributed by atoms with van der Waals surface area (Å²) in [5.41, 5.74) is 0.583. The van der Waals surface area contributed by atoms with Gasteiger partial charge in [0.15, 0.2) is 5.13 Å². The number of aromatic nitrogens is 1. The van der Waals surface area contributed by atoms with Crippen LogP contribution < -0.4 is 5.32 Å². The van der Waals surface area contributed by atoms with E-state index < -0.39 is 0 Å². The van der Waals surface area contributed by atoms with Gasteiger partial charge in [-0.2, -0.15) is 0 Å². The fourth-order valence-electron chi connectivity index (χ4n) is 1.07. The van der Waals surface area contributed by atoms with Crippen molar-refractivity contribution in [2.24, 2.45) is 0 Å². The number of nitrogens with one attached hydrogen (secondary N) is 1. The summed E-state index contributed by atoms with van der Waals surface area (Å²) >= 11 is 1.27. The summed E-state index contributed by atoms with van der Waals surface area (Å²) in [5, 5.41) is 4.78. The van der Waals surface area contributed by atoms with Gasteiger partial charge in [0.05, 0.1) is 19.2 Å². The minimum Gasteiger partial charge on any atom is -0.469 e. The second-order valence-electron chi connectivity index (χ2n) is 3.27. The lowest BCUT2D eigenvalue weighted by Gasteiger charge is -1.96. The molecule has 0 saturated heterocycles. The molecule has 1 N–H and O–H groups in total. The molecule has 0 saturated carbocycles. The number of rotatable bonds is 5. The smallest absolute Gasteiger partial charge is 0.311 e. The molecule has 1 aromatic rings. The highest BCUT2D eigenvalue weighted by Gasteiger charge is 2.08. The van der Waals surface area contributed by atoms with Crippen LogP contribution in [0.1, 0.15) is 12.6 Å². The standard InChI is InChI=1S/C12H14N2O3S/c1-3-4-5-6-10(15)14-12-13-9(8-18-12)7-11(16)17-2/h3-6,8H,7H2,1-2H3,(H,13,14,15)/b4-3+,6-5+. The van der Waals surface area contributed by atoms with Crippen molar-refractivity contribution in [3.63, 3.8) is 0 Å². The summed E-state index contributed by atoms with van der Waals surface area (Å²) in [6.45, 7) is 1.86. The van der Waals surface area contributed by atoms with Crippen LogP contribution in [-0.4, -0.2) is 24.0 Å². The number of allylic oxidation sites excluding steroid dienone is 3. The van der Waals surface area contributed by atoms with Crippen molar-refractivity contribution < 1.29 is 14.3 Å². The van der Waals surface area contributed by atoms with Gasteiger partial charge in [-0.25, -0.2) is 4.98 Å². The monoisotopic (exact) mass is 266 g/mol. The normalized spacial score (nSPS) is 11.0. The highest BCUT2D eigenvalue weighted by molar-refractivity contribution is 7.14. The van der Waals surface area contributed by atoms with Gasteiger partial charge in [-0.1, -0.05) is 18.2 Å². The molecule has 0 aliphatic carbocycles. The van der Waals surface area contributed by atoms with E-state index in [0.717, 1.165) is 0 Å². The van der Waals surface area contributed by atoms with Crippen LogP contribution in [0, 0.1) is 0 Å². The van der Waals surface area contributed by atoms with Crippen molar-refractivity contribution in [3.05, 3.63) is 35.4 Å². The lowest BCUT2D eigenvalue weighted by Crippen LogP contribution is -2.08. The SMILES string of the molecule is C/C=C/C=C/C(=O)Nc1nc(CC(=O)OC)cs1. The number of esters is 1. The van der Waals surface area contributed by atoms with Crippen LogP contribution in [0.3, 0.4) is 0 Å². The number of thiazole rings is 1. The predicted octanol–water partition coefficient (Wildman–Crippen LogP) is 1.93. The predicted molar refractivity (Wildman–Crippen MR) is 70.4 cm³/mol. The van der Waals surface area contributed by atoms with Gasteiger partial charge in [-0.05, 0) is 6.92 Å². The van der Waals surface area contributed by atoms with Crippen molar-refractivity contribution in [3.8, 4) is 0 Å². The van der Waals surface area contributed by atoms with Gasteiger partial charge in [-0.15, -0.1) is 11.3 Å². The third kappa shape index (κ3) is 4.92. The van der Waals surface area contributed by atoms with Gasteiger partial charge in [0, 0.05) is 11.5 Å². The average Bonchev–Trinajstić information content (AvgIpc) is 2.76. The number of ether oxygens (including phenoxy) is 1. The maximum absolute atomic E-state index is 11.4. The molecule has 0 aliphatic heterocycles. The molecule has 1 heterocycles. The van der Waals surface area contributed by atoms with Crippen LogP contribution in [0.15, 0.2) is 29.7 Å². The van der Waals surface area contributed by atoms with Crippen LogP contribution in [0.25, 0.3) is 0 Å². The first kappa shape index (κ1) is 14.1. The molecular formula is C12H14N2O3S. The summed E-state index contributed by atoms with van der Waals surface area (Å²) < 4.78 is 4.53. The molecule has 96 valence electrons. The number of carbonyl (C=O) groups excluding carboxylic acids is 2. The third-order valence-corrected chi connectivity index (χ3v) is 2.69. The van der Waals surface area contributed by atoms with Gasteiger partial charge in [0.25, 0.3) is 0 Å². The minimum atomic E-state index is -0.355. The topological polar surface area (TPSA) is 68.3 Å². The van der Waals surface area contributed by atoms with Crippen molar-refractivity contribution in [2.45, 2.75) is 13.3 Å². The maximum atomic E-state index is 11.4. The number of amides is 1. The molecule has 0 unspecified atom stereocenters. The van der Waals surface area contributed by atoms with E-state index in [-0.39, 0.29) is 18.3 Å². The number of nitrogens with zero attached hydrogens (tertiary/aromatic N) is 1. The molecule has 0 aliphatic rings. The number of carbonyl (C=O) groups is 2. The van der Waals surface area contributed by atoms with Crippen molar-refractivity contribution >= 4 is 28.3 Å². The van der Waals surface area contributed by atoms with Gasteiger partial charge in [0.2, 0.25) is 5.91 Å². The first-order chi connectivity index (χ1) is 8.65. The lowest BCUT2D eigenvalue weighted by atomic mass is 10.3. The van der Waals surface area contributed by atoms with Gasteiger partial charge < -0.3 is 4.74 Å². The molecule has 0 atom stereocenters. The number of hydrogen-bond acceptors (Lipinski definition) is 5. The summed E-state index contributed by atoms with van der Waals surface area (Å²) in [7, 11) is 1.32. The fraction of sp³-hybridized carbons (Fsp3) is 0.250. The summed E-state index contributed by atoms with van der Waals surface area (Å²) in [5.74, 6) is -0.613. The van der Waals surface area contributed by atoms with Crippen molar-refractivity contribution in [1.82, 2.24) is 4.98 Å². The molecule has 18 heavy (non-hydrogen) atoms. The molecule has 0 spiro atoms. The Balaban J connectivity index is 2.53. The number of anilines is 1. The summed E-state index contributed by atoms with van der Waals surface area (Å²) in [6, 6.07) is 0. The Labute approximate surface area is 109 Å². The Morgan fingerprint density at radius 2 is 2.28 bits per heavy atom. The Bertz CT molecular complexity index is 477. The van der Waals surface area contributed by atoms with Crippen LogP contribution in [0.2, 0.25) is 0 Å². The Morgan fingerprint density at radius 1 is 1.50 bits per heavy atom. The van der Waals surface area contributed by atoms with E-state index in [1.165, 1.54) is 24.5 Å². The van der Waals surface area contributed by atoms with Gasteiger partial charge in [-0.3, -0.25) is 14.9 Å². The molecular weight excluding hydrogens is 252 g/mol. The van der Waals surface area contributed by atoms with Crippen LogP contribution in [0.5, 0.6) is 0 Å². The fourth-order valence-corrected chi connectivity index (χ4v) is 1.78. The van der Waals surface area contributed by atoms with Crippen molar-refractivity contribution in [2.75, 3.05) is 12.4 Å². The maximum Gasteiger partial charge on any atom is 0.311 e. The second kappa shape index (κ2) is 7.39. The largest absolute Gasteiger partial charge is 0.469 e. The van der Waals surface area contributed by atoms with E-state index >= 15 is 0 Å². The Morgan fingerprint density at radius 3 is 2.94 bits per heavy atom. The highest BCUT2D eigenvalue weighted by atomic mass is 32.1. The second-order valence-corrected chi connectivity index (χ2v) is 4.13. The Kier molecular flexibility index (Phi) is 5.79. The van der Waals surface area contributed by atoms with E-state index in [9.17, 15) is 9.59 Å². The molecule has 1 rings (SSSR count). The van der Waals surface area contributed by atoms with E-state index in [1.54, 1.807) is 17.5 Å². The molecule has 1 aromatic heterocycles. The molecule has 0 radical (unpaired) electrons. The van der Waals surface area contributed by atoms with Gasteiger partial charge in [0.1, 0.15) is 0 Å². The lowest BCUT2D eigenvalue weighted by molar-refractivity contribution is -0.139. The van der Waals surface area contributed by atoms with E-state index in [4.69, 9.17) is 0 Å². The Hall–Kier alpha value is -1.95. The molecule has 0 bridgehead atoms. The summed E-state index contributed by atoms with van der Waals surface area (Å²) in [6.07, 6.45) is 6.72. The first-order valence-electron chi connectivity index (χ1n) is 5.27. The third-order valence-electron chi connectivity index (χ3n) is 1.89. The minimum absolute atomic E-state index is 0.108. The van der Waals surface area contributed by atoms with Crippen LogP contribution >= 0.6 is 11.3 Å². The molecule has 1 amide bonds. The molecule has 6 heteroatoms. The van der Waals surface area contributed by atoms with E-state index in [0.29, 0.717) is 10.8 Å². The molecule has 0 aromatic carbocycles. The van der Waals surface area contributed by atoms with Crippen LogP contribution in [-0.2, 0) is 20.7 Å². The van der Waals surface area contributed by atoms with Gasteiger partial charge >= 0.3 is 5.97 Å². The van der Waals surface area contributed by atoms with Crippen LogP contribution in [0.4, 0.5) is 5.13 Å². The van der Waals surface area contributed by atoms with E-state index in [1.807, 2.05) is 13.0 Å². The molecule has 5 nitrogen and oxygen atoms in total. The first-order valence-corrected chi connectivity index (χ1v) is 6.15. The van der Waals surface area contributed by atoms with Crippen molar-refractivity contribution in [1.29, 1.82) is 0 Å².